The summed E-state index contributed by atoms with van der Waals surface area (Å²) in [5.74, 6) is 1.59. The van der Waals surface area contributed by atoms with Crippen LogP contribution in [0.2, 0.25) is 0 Å². The van der Waals surface area contributed by atoms with Gasteiger partial charge in [-0.1, -0.05) is 58.0 Å². The molecule has 5 rings (SSSR count). The molecule has 2 heterocycles. The van der Waals surface area contributed by atoms with E-state index in [0.717, 1.165) is 17.5 Å². The highest BCUT2D eigenvalue weighted by Crippen LogP contribution is 2.44. The van der Waals surface area contributed by atoms with Crippen molar-refractivity contribution in [3.8, 4) is 0 Å². The molecule has 1 aliphatic carbocycles. The normalized spacial score (nSPS) is 29.4. The summed E-state index contributed by atoms with van der Waals surface area (Å²) in [7, 11) is 0. The zero-order valence-electron chi connectivity index (χ0n) is 19.5. The van der Waals surface area contributed by atoms with Crippen LogP contribution in [-0.4, -0.2) is 15.8 Å². The zero-order valence-corrected chi connectivity index (χ0v) is 19.5. The zero-order chi connectivity index (χ0) is 22.6. The average Bonchev–Trinajstić information content (AvgIpc) is 3.58. The molecule has 2 fully saturated rings. The van der Waals surface area contributed by atoms with Crippen molar-refractivity contribution in [2.45, 2.75) is 71.3 Å². The van der Waals surface area contributed by atoms with Gasteiger partial charge in [0.15, 0.2) is 0 Å². The van der Waals surface area contributed by atoms with E-state index in [-0.39, 0.29) is 24.1 Å². The number of rotatable bonds is 5. The fourth-order valence-corrected chi connectivity index (χ4v) is 5.55. The predicted octanol–water partition coefficient (Wildman–Crippen LogP) is 6.96. The largest absolute Gasteiger partial charge is 0.384 e. The number of aliphatic hydroxyl groups excluding tert-OH is 1. The van der Waals surface area contributed by atoms with Crippen LogP contribution in [0.15, 0.2) is 48.7 Å². The molecule has 1 aliphatic heterocycles. The Labute approximate surface area is 190 Å². The lowest BCUT2D eigenvalue weighted by Gasteiger charge is -2.44. The van der Waals surface area contributed by atoms with Gasteiger partial charge in [-0.15, -0.1) is 0 Å². The number of fused-ring (bicyclic) bond motifs is 1. The van der Waals surface area contributed by atoms with E-state index in [0.29, 0.717) is 28.7 Å². The molecule has 0 amide bonds. The van der Waals surface area contributed by atoms with Gasteiger partial charge in [0.1, 0.15) is 18.1 Å². The summed E-state index contributed by atoms with van der Waals surface area (Å²) in [4.78, 5) is 0. The summed E-state index contributed by atoms with van der Waals surface area (Å²) in [6, 6.07) is 13.3. The van der Waals surface area contributed by atoms with Crippen LogP contribution in [0, 0.1) is 23.6 Å². The summed E-state index contributed by atoms with van der Waals surface area (Å²) >= 11 is 0. The van der Waals surface area contributed by atoms with Crippen LogP contribution < -0.4 is 0 Å². The Morgan fingerprint density at radius 2 is 1.75 bits per heavy atom. The van der Waals surface area contributed by atoms with Gasteiger partial charge in [0, 0.05) is 23.1 Å². The fraction of sp³-hybridized carbons (Fsp3) is 0.500. The molecule has 2 aromatic carbocycles. The second-order valence-electron chi connectivity index (χ2n) is 10.0. The SMILES string of the molecule is CC[C@H]1O[C@@H](n2cc(C(O)c3ccc(C4CC4)cc3)c3c(F)cccc32)[C@H](C)[C@@H](C)[C@@H]1C. The van der Waals surface area contributed by atoms with Crippen molar-refractivity contribution in [2.75, 3.05) is 0 Å². The van der Waals surface area contributed by atoms with E-state index in [2.05, 4.69) is 44.4 Å². The number of halogens is 1. The lowest BCUT2D eigenvalue weighted by atomic mass is 9.77. The van der Waals surface area contributed by atoms with Crippen LogP contribution >= 0.6 is 0 Å². The molecular formula is C28H34FNO2. The fourth-order valence-electron chi connectivity index (χ4n) is 5.55. The number of hydrogen-bond acceptors (Lipinski definition) is 2. The Hall–Kier alpha value is -2.17. The van der Waals surface area contributed by atoms with Gasteiger partial charge < -0.3 is 14.4 Å². The third-order valence-corrected chi connectivity index (χ3v) is 8.12. The van der Waals surface area contributed by atoms with Gasteiger partial charge in [-0.25, -0.2) is 4.39 Å². The first-order valence-electron chi connectivity index (χ1n) is 12.1. The number of nitrogens with zero attached hydrogens (tertiary/aromatic N) is 1. The molecule has 1 aromatic heterocycles. The molecule has 1 saturated carbocycles. The van der Waals surface area contributed by atoms with Crippen LogP contribution in [0.5, 0.6) is 0 Å². The molecule has 170 valence electrons. The summed E-state index contributed by atoms with van der Waals surface area (Å²) in [6.07, 6.45) is 4.45. The van der Waals surface area contributed by atoms with Crippen molar-refractivity contribution in [1.82, 2.24) is 4.57 Å². The molecule has 3 aromatic rings. The van der Waals surface area contributed by atoms with Crippen molar-refractivity contribution >= 4 is 10.9 Å². The smallest absolute Gasteiger partial charge is 0.137 e. The van der Waals surface area contributed by atoms with Crippen molar-refractivity contribution < 1.29 is 14.2 Å². The van der Waals surface area contributed by atoms with E-state index in [1.807, 2.05) is 24.4 Å². The Bertz CT molecular complexity index is 1100. The highest BCUT2D eigenvalue weighted by molar-refractivity contribution is 5.85. The number of benzene rings is 2. The maximum Gasteiger partial charge on any atom is 0.137 e. The van der Waals surface area contributed by atoms with E-state index in [1.165, 1.54) is 24.5 Å². The van der Waals surface area contributed by atoms with Crippen molar-refractivity contribution in [2.24, 2.45) is 17.8 Å². The van der Waals surface area contributed by atoms with Gasteiger partial charge in [-0.05, 0) is 60.3 Å². The second kappa shape index (κ2) is 8.31. The van der Waals surface area contributed by atoms with Crippen molar-refractivity contribution in [3.05, 3.63) is 71.2 Å². The second-order valence-corrected chi connectivity index (χ2v) is 10.0. The monoisotopic (exact) mass is 435 g/mol. The van der Waals surface area contributed by atoms with E-state index < -0.39 is 6.10 Å². The van der Waals surface area contributed by atoms with Gasteiger partial charge in [0.2, 0.25) is 0 Å². The van der Waals surface area contributed by atoms with Gasteiger partial charge in [0.25, 0.3) is 0 Å². The first-order chi connectivity index (χ1) is 15.4. The quantitative estimate of drug-likeness (QED) is 0.470. The Kier molecular flexibility index (Phi) is 5.63. The van der Waals surface area contributed by atoms with Gasteiger partial charge in [-0.3, -0.25) is 0 Å². The van der Waals surface area contributed by atoms with E-state index in [9.17, 15) is 5.11 Å². The number of aromatic nitrogens is 1. The van der Waals surface area contributed by atoms with Gasteiger partial charge in [0.05, 0.1) is 11.6 Å². The highest BCUT2D eigenvalue weighted by atomic mass is 19.1. The molecule has 1 N–H and O–H groups in total. The maximum atomic E-state index is 15.1. The third-order valence-electron chi connectivity index (χ3n) is 8.12. The molecule has 0 bridgehead atoms. The lowest BCUT2D eigenvalue weighted by molar-refractivity contribution is -0.166. The molecule has 0 spiro atoms. The average molecular weight is 436 g/mol. The first kappa shape index (κ1) is 21.7. The minimum atomic E-state index is -0.888. The Morgan fingerprint density at radius 1 is 1.03 bits per heavy atom. The molecular weight excluding hydrogens is 401 g/mol. The molecule has 1 unspecified atom stereocenters. The molecule has 4 heteroatoms. The summed E-state index contributed by atoms with van der Waals surface area (Å²) in [5.41, 5.74) is 3.50. The minimum absolute atomic E-state index is 0.167. The third kappa shape index (κ3) is 3.58. The van der Waals surface area contributed by atoms with Crippen LogP contribution in [0.1, 0.15) is 81.9 Å². The van der Waals surface area contributed by atoms with E-state index >= 15 is 4.39 Å². The van der Waals surface area contributed by atoms with Crippen LogP contribution in [0.4, 0.5) is 4.39 Å². The topological polar surface area (TPSA) is 34.4 Å². The lowest BCUT2D eigenvalue weighted by Crippen LogP contribution is -2.42. The van der Waals surface area contributed by atoms with Crippen molar-refractivity contribution in [1.29, 1.82) is 0 Å². The van der Waals surface area contributed by atoms with Gasteiger partial charge >= 0.3 is 0 Å². The summed E-state index contributed by atoms with van der Waals surface area (Å²) in [5, 5.41) is 11.8. The number of hydrogen-bond donors (Lipinski definition) is 1. The van der Waals surface area contributed by atoms with Gasteiger partial charge in [-0.2, -0.15) is 0 Å². The maximum absolute atomic E-state index is 15.1. The molecule has 2 aliphatic rings. The molecule has 32 heavy (non-hydrogen) atoms. The van der Waals surface area contributed by atoms with Crippen LogP contribution in [-0.2, 0) is 4.74 Å². The number of ether oxygens (including phenoxy) is 1. The molecule has 3 nitrogen and oxygen atoms in total. The first-order valence-corrected chi connectivity index (χ1v) is 12.1. The molecule has 6 atom stereocenters. The standard InChI is InChI=1S/C28H34FNO2/c1-5-25-17(3)16(2)18(4)28(32-25)30-15-22(26-23(29)7-6-8-24(26)30)27(31)21-13-11-20(12-14-21)19-9-10-19/h6-8,11-19,25,27-28,31H,5,9-10H2,1-4H3/t16-,17-,18+,25+,27?,28+/m0/s1. The minimum Gasteiger partial charge on any atom is -0.384 e. The van der Waals surface area contributed by atoms with E-state index in [1.54, 1.807) is 6.07 Å². The Balaban J connectivity index is 1.57. The van der Waals surface area contributed by atoms with Crippen LogP contribution in [0.3, 0.4) is 0 Å². The van der Waals surface area contributed by atoms with E-state index in [4.69, 9.17) is 4.74 Å². The molecule has 0 radical (unpaired) electrons. The Morgan fingerprint density at radius 3 is 2.41 bits per heavy atom. The summed E-state index contributed by atoms with van der Waals surface area (Å²) in [6.45, 7) is 8.93. The highest BCUT2D eigenvalue weighted by Gasteiger charge is 2.40. The number of aliphatic hydroxyl groups is 1. The summed E-state index contributed by atoms with van der Waals surface area (Å²) < 4.78 is 23.7. The van der Waals surface area contributed by atoms with Crippen molar-refractivity contribution in [3.63, 3.8) is 0 Å². The predicted molar refractivity (Wildman–Crippen MR) is 126 cm³/mol. The van der Waals surface area contributed by atoms with Crippen LogP contribution in [0.25, 0.3) is 10.9 Å². The molecule has 1 saturated heterocycles.